The van der Waals surface area contributed by atoms with Crippen molar-refractivity contribution in [2.45, 2.75) is 370 Å². The summed E-state index contributed by atoms with van der Waals surface area (Å²) in [6, 6.07) is 85.0. The Morgan fingerprint density at radius 3 is 0.883 bits per heavy atom. The maximum atomic E-state index is 13.1. The van der Waals surface area contributed by atoms with E-state index in [2.05, 4.69) is 321 Å². The molecule has 0 aliphatic rings. The van der Waals surface area contributed by atoms with Gasteiger partial charge < -0.3 is 4.74 Å². The molecule has 13 rings (SSSR count). The quantitative estimate of drug-likeness (QED) is 0.157. The Bertz CT molecular complexity index is 5620. The molecule has 0 N–H and O–H groups in total. The maximum absolute atomic E-state index is 13.1. The van der Waals surface area contributed by atoms with Crippen LogP contribution in [0, 0.1) is 74.2 Å². The van der Waals surface area contributed by atoms with Crippen molar-refractivity contribution in [1.82, 2.24) is 0 Å². The highest BCUT2D eigenvalue weighted by molar-refractivity contribution is 6.31. The van der Waals surface area contributed by atoms with E-state index in [0.717, 1.165) is 56.4 Å². The van der Waals surface area contributed by atoms with Crippen LogP contribution in [0.4, 0.5) is 35.1 Å². The first-order valence-corrected chi connectivity index (χ1v) is 50.7. The molecule has 0 amide bonds. The lowest BCUT2D eigenvalue weighted by Gasteiger charge is -2.19. The molecule has 0 atom stereocenters. The molecule has 13 aromatic carbocycles. The monoisotopic (exact) mass is 2050 g/mol. The van der Waals surface area contributed by atoms with Gasteiger partial charge in [0.25, 0.3) is 0 Å². The van der Waals surface area contributed by atoms with Gasteiger partial charge >= 0.3 is 0 Å². The van der Waals surface area contributed by atoms with Crippen molar-refractivity contribution in [3.8, 4) is 5.75 Å². The van der Waals surface area contributed by atoms with Crippen LogP contribution in [0.5, 0.6) is 5.75 Å². The first-order chi connectivity index (χ1) is 65.1. The highest BCUT2D eigenvalue weighted by atomic mass is 35.5. The van der Waals surface area contributed by atoms with E-state index in [9.17, 15) is 35.1 Å². The lowest BCUT2D eigenvalue weighted by Crippen LogP contribution is -2.11. The molecule has 0 heterocycles. The minimum Gasteiger partial charge on any atom is -0.497 e. The third kappa shape index (κ3) is 52.1. The molecule has 0 fully saturated rings. The van der Waals surface area contributed by atoms with E-state index < -0.39 is 23.3 Å². The Labute approximate surface area is 891 Å². The minimum absolute atomic E-state index is 0. The lowest BCUT2D eigenvalue weighted by molar-refractivity contribution is 0.408. The highest BCUT2D eigenvalue weighted by Gasteiger charge is 2.24. The molecular formula is C133H181Cl3F8O. The van der Waals surface area contributed by atoms with E-state index in [1.54, 1.807) is 44.4 Å². The SMILES string of the molecule is C.C.CC(C)(C)c1cc(F)cc(F)c1.CC(C)(C)c1ccc(Cl)c(F)c1.CC(C)(C)c1ccc(Cl)cc1.CC(C)(C)c1ccc(F)c(F)c1.CC(C)(C)c1ccc2ccccc2c1.CC(C)(C)c1cccc(Cl)c1.CC(C)(C)c1cccc(F)c1.CCc1ccc(C(C)(C)C)cc1.COc1cc(F)cc(C(C)(C)C)c1.Cc1cc(C(C)(C)C)ccc1F.Cc1ccc(C(C)(C)C)cc1.Cc1ccc(C(C)(C)C)cc1C. The average molecular weight is 2050 g/mol. The van der Waals surface area contributed by atoms with Gasteiger partial charge in [-0.2, -0.15) is 0 Å². The Balaban J connectivity index is 0.00000156. The topological polar surface area (TPSA) is 9.23 Å². The van der Waals surface area contributed by atoms with Gasteiger partial charge in [-0.15, -0.1) is 0 Å². The zero-order valence-corrected chi connectivity index (χ0v) is 97.0. The number of rotatable bonds is 2. The number of hydrogen-bond acceptors (Lipinski definition) is 1. The van der Waals surface area contributed by atoms with E-state index in [1.807, 2.05) is 144 Å². The second-order valence-corrected chi connectivity index (χ2v) is 50.3. The molecule has 0 aliphatic heterocycles. The smallest absolute Gasteiger partial charge is 0.159 e. The van der Waals surface area contributed by atoms with Crippen molar-refractivity contribution >= 4 is 45.6 Å². The summed E-state index contributed by atoms with van der Waals surface area (Å²) in [6.45, 7) is 86.9. The molecule has 796 valence electrons. The van der Waals surface area contributed by atoms with E-state index in [0.29, 0.717) is 11.3 Å². The van der Waals surface area contributed by atoms with Gasteiger partial charge in [-0.3, -0.25) is 0 Å². The molecular weight excluding hydrogens is 1870 g/mol. The number of halogens is 11. The molecule has 145 heavy (non-hydrogen) atoms. The second-order valence-electron chi connectivity index (χ2n) is 49.1. The van der Waals surface area contributed by atoms with Gasteiger partial charge in [0.2, 0.25) is 0 Å². The molecule has 0 radical (unpaired) electrons. The van der Waals surface area contributed by atoms with Crippen molar-refractivity contribution in [3.05, 3.63) is 429 Å². The zero-order valence-electron chi connectivity index (χ0n) is 94.8. The van der Waals surface area contributed by atoms with E-state index >= 15 is 0 Å². The maximum Gasteiger partial charge on any atom is 0.159 e. The Hall–Kier alpha value is -9.77. The molecule has 0 unspecified atom stereocenters. The molecule has 1 nitrogen and oxygen atoms in total. The van der Waals surface area contributed by atoms with Gasteiger partial charge in [-0.25, -0.2) is 35.1 Å². The lowest BCUT2D eigenvalue weighted by atomic mass is 9.85. The fourth-order valence-corrected chi connectivity index (χ4v) is 13.6. The normalized spacial score (nSPS) is 11.5. The molecule has 12 heteroatoms. The van der Waals surface area contributed by atoms with Crippen LogP contribution in [0.2, 0.25) is 15.1 Å². The molecule has 0 spiro atoms. The second kappa shape index (κ2) is 58.3. The molecule has 0 bridgehead atoms. The van der Waals surface area contributed by atoms with Crippen LogP contribution in [0.25, 0.3) is 10.8 Å². The van der Waals surface area contributed by atoms with Gasteiger partial charge in [0.1, 0.15) is 40.7 Å². The van der Waals surface area contributed by atoms with Crippen LogP contribution in [-0.2, 0) is 71.4 Å². The summed E-state index contributed by atoms with van der Waals surface area (Å²) >= 11 is 17.2. The highest BCUT2D eigenvalue weighted by Crippen LogP contribution is 2.35. The van der Waals surface area contributed by atoms with Gasteiger partial charge in [0, 0.05) is 22.2 Å². The van der Waals surface area contributed by atoms with Crippen LogP contribution in [0.1, 0.15) is 366 Å². The van der Waals surface area contributed by atoms with E-state index in [-0.39, 0.29) is 108 Å². The molecule has 0 aromatic heterocycles. The standard InChI is InChI=1S/C14H16.2C12H18.C11H15FO.C11H15F.C11H16.C10H12ClF.2C10H13Cl.2C10H12F2.C10H13F.2CH4/c1-14(2,3)13-9-8-11-6-4-5-7-12(11)10-13;1-9-6-7-11(8-10(9)2)12(3,4)5;1-5-10-6-8-11(9-7-10)12(2,3)4;1-11(2,3)8-5-9(12)7-10(6-8)13-4;1-8-7-9(11(2,3)4)5-6-10(8)12;1-9-5-7-10(8-6-9)11(2,3)4;1-10(2,3)7-4-5-8(11)9(12)6-7;1-10(2,3)8-4-6-9(11)7-5-8;1-10(2,3)8-5-4-6-9(11)7-8;1-10(2,3)7-4-8(11)6-9(12)5-7;1-10(2,3)7-4-5-8(11)9(12)6-7;1-10(2,3)8-5-4-6-9(11)7-8;;/h4-10H,1-3H3;6-8H,1-5H3;6-9H,5H2,1-4H3;5-7H,1-4H3;5-7H,1-4H3;5-8H,1-4H3;4-6H,1-3H3;2*4-7H,1-3H3;2*4-6H,1-3H3;4-7H,1-3H3;2*1H4. The number of ether oxygens (including phenoxy) is 1. The van der Waals surface area contributed by atoms with Crippen molar-refractivity contribution in [2.24, 2.45) is 0 Å². The average Bonchev–Trinajstić information content (AvgIpc) is 0.808. The van der Waals surface area contributed by atoms with Crippen molar-refractivity contribution in [1.29, 1.82) is 0 Å². The summed E-state index contributed by atoms with van der Waals surface area (Å²) in [7, 11) is 1.54. The number of hydrogen-bond donors (Lipinski definition) is 0. The Kier molecular flexibility index (Phi) is 54.3. The van der Waals surface area contributed by atoms with E-state index in [4.69, 9.17) is 39.5 Å². The fraction of sp³-hybridized carbons (Fsp3) is 0.429. The third-order valence-corrected chi connectivity index (χ3v) is 24.3. The fourth-order valence-electron chi connectivity index (χ4n) is 13.2. The van der Waals surface area contributed by atoms with Crippen molar-refractivity contribution < 1.29 is 39.9 Å². The predicted molar refractivity (Wildman–Crippen MR) is 622 cm³/mol. The number of benzene rings is 13. The molecule has 13 aromatic rings. The van der Waals surface area contributed by atoms with Crippen LogP contribution < -0.4 is 4.74 Å². The number of fused-ring (bicyclic) bond motifs is 1. The molecule has 0 aliphatic carbocycles. The number of aryl methyl sites for hydroxylation is 5. The van der Waals surface area contributed by atoms with Gasteiger partial charge in [-0.1, -0.05) is 481 Å². The first kappa shape index (κ1) is 135. The Morgan fingerprint density at radius 2 is 0.524 bits per heavy atom. The largest absolute Gasteiger partial charge is 0.497 e. The predicted octanol–water partition coefficient (Wildman–Crippen LogP) is 43.1. The van der Waals surface area contributed by atoms with Gasteiger partial charge in [0.15, 0.2) is 11.6 Å². The summed E-state index contributed by atoms with van der Waals surface area (Å²) in [5, 5.41) is 4.46. The summed E-state index contributed by atoms with van der Waals surface area (Å²) in [5.41, 5.74) is 21.4. The molecule has 0 saturated heterocycles. The van der Waals surface area contributed by atoms with E-state index in [1.165, 1.54) is 114 Å². The van der Waals surface area contributed by atoms with Crippen LogP contribution in [-0.4, -0.2) is 7.11 Å². The van der Waals surface area contributed by atoms with Crippen LogP contribution in [0.3, 0.4) is 0 Å². The van der Waals surface area contributed by atoms with Gasteiger partial charge in [-0.05, 0) is 290 Å². The summed E-state index contributed by atoms with van der Waals surface area (Å²) in [5.74, 6) is -2.89. The summed E-state index contributed by atoms with van der Waals surface area (Å²) in [6.07, 6.45) is 1.13. The van der Waals surface area contributed by atoms with Crippen molar-refractivity contribution in [2.75, 3.05) is 7.11 Å². The summed E-state index contributed by atoms with van der Waals surface area (Å²) in [4.78, 5) is 0. The third-order valence-electron chi connectivity index (χ3n) is 23.5. The van der Waals surface area contributed by atoms with Crippen molar-refractivity contribution in [3.63, 3.8) is 0 Å². The number of methoxy groups -OCH3 is 1. The molecule has 0 saturated carbocycles. The summed E-state index contributed by atoms with van der Waals surface area (Å²) < 4.78 is 107. The van der Waals surface area contributed by atoms with Crippen LogP contribution in [0.15, 0.2) is 273 Å². The van der Waals surface area contributed by atoms with Crippen LogP contribution >= 0.6 is 34.8 Å². The van der Waals surface area contributed by atoms with Gasteiger partial charge in [0.05, 0.1) is 12.1 Å². The minimum atomic E-state index is -0.789. The first-order valence-electron chi connectivity index (χ1n) is 49.6. The Morgan fingerprint density at radius 1 is 0.214 bits per heavy atom. The zero-order chi connectivity index (χ0) is 110.